The van der Waals surface area contributed by atoms with E-state index in [2.05, 4.69) is 9.97 Å². The molecule has 0 bridgehead atoms. The molecular formula is C14H12F3N3O5S. The van der Waals surface area contributed by atoms with Gasteiger partial charge in [-0.15, -0.1) is 0 Å². The second-order valence-corrected chi connectivity index (χ2v) is 6.27. The Labute approximate surface area is 145 Å². The van der Waals surface area contributed by atoms with Gasteiger partial charge in [-0.1, -0.05) is 4.98 Å². The van der Waals surface area contributed by atoms with Gasteiger partial charge in [0.1, 0.15) is 23.0 Å². The number of hydrogen-bond acceptors (Lipinski definition) is 7. The van der Waals surface area contributed by atoms with E-state index in [9.17, 15) is 13.2 Å². The SMILES string of the molecule is COc1ccc2oc(-c3cnc[n+](C)c3)nc2c1.O=S(=O)([O-])C(F)(F)F. The number of ether oxygens (including phenoxy) is 1. The van der Waals surface area contributed by atoms with Crippen LogP contribution in [0, 0.1) is 0 Å². The summed E-state index contributed by atoms with van der Waals surface area (Å²) in [4.78, 5) is 8.54. The maximum atomic E-state index is 10.7. The zero-order valence-electron chi connectivity index (χ0n) is 13.4. The lowest BCUT2D eigenvalue weighted by Gasteiger charge is -2.08. The Kier molecular flexibility index (Phi) is 5.47. The van der Waals surface area contributed by atoms with Crippen molar-refractivity contribution in [3.8, 4) is 17.2 Å². The molecule has 26 heavy (non-hydrogen) atoms. The van der Waals surface area contributed by atoms with Crippen LogP contribution in [0.2, 0.25) is 0 Å². The number of benzene rings is 1. The van der Waals surface area contributed by atoms with Gasteiger partial charge in [-0.3, -0.25) is 0 Å². The molecule has 0 spiro atoms. The van der Waals surface area contributed by atoms with Crippen molar-refractivity contribution in [2.45, 2.75) is 5.51 Å². The van der Waals surface area contributed by atoms with E-state index < -0.39 is 15.6 Å². The number of methoxy groups -OCH3 is 1. The number of aromatic nitrogens is 3. The summed E-state index contributed by atoms with van der Waals surface area (Å²) < 4.78 is 71.6. The van der Waals surface area contributed by atoms with E-state index in [1.54, 1.807) is 19.6 Å². The molecule has 0 aliphatic carbocycles. The van der Waals surface area contributed by atoms with Gasteiger partial charge in [0, 0.05) is 6.07 Å². The Balaban J connectivity index is 0.000000260. The Bertz CT molecular complexity index is 1020. The summed E-state index contributed by atoms with van der Waals surface area (Å²) in [5, 5.41) is 0. The molecule has 0 amide bonds. The number of alkyl halides is 3. The predicted molar refractivity (Wildman–Crippen MR) is 80.7 cm³/mol. The Morgan fingerprint density at radius 1 is 1.31 bits per heavy atom. The van der Waals surface area contributed by atoms with E-state index in [0.29, 0.717) is 5.89 Å². The van der Waals surface area contributed by atoms with E-state index in [1.807, 2.05) is 36.0 Å². The van der Waals surface area contributed by atoms with Crippen LogP contribution in [-0.2, 0) is 17.2 Å². The van der Waals surface area contributed by atoms with Crippen molar-refractivity contribution < 1.29 is 39.9 Å². The van der Waals surface area contributed by atoms with E-state index in [1.165, 1.54) is 0 Å². The van der Waals surface area contributed by atoms with Crippen molar-refractivity contribution >= 4 is 21.2 Å². The Morgan fingerprint density at radius 3 is 2.50 bits per heavy atom. The number of oxazole rings is 1. The molecule has 1 aromatic carbocycles. The summed E-state index contributed by atoms with van der Waals surface area (Å²) in [6.07, 6.45) is 5.35. The van der Waals surface area contributed by atoms with Crippen LogP contribution >= 0.6 is 0 Å². The number of fused-ring (bicyclic) bond motifs is 1. The fourth-order valence-corrected chi connectivity index (χ4v) is 1.77. The van der Waals surface area contributed by atoms with Crippen molar-refractivity contribution in [1.29, 1.82) is 0 Å². The molecule has 0 aliphatic heterocycles. The van der Waals surface area contributed by atoms with Crippen molar-refractivity contribution in [1.82, 2.24) is 9.97 Å². The standard InChI is InChI=1S/C13H12N3O2.CHF3O3S/c1-16-7-9(6-14-8-16)13-15-11-5-10(17-2)3-4-12(11)18-13;2-1(3,4)8(5,6)7/h3-8H,1-2H3;(H,5,6,7)/q+1;/p-1. The van der Waals surface area contributed by atoms with Crippen LogP contribution in [0.5, 0.6) is 5.75 Å². The maximum absolute atomic E-state index is 10.7. The molecule has 0 unspecified atom stereocenters. The van der Waals surface area contributed by atoms with Crippen molar-refractivity contribution in [2.75, 3.05) is 7.11 Å². The average molecular weight is 391 g/mol. The highest BCUT2D eigenvalue weighted by atomic mass is 32.2. The quantitative estimate of drug-likeness (QED) is 0.372. The van der Waals surface area contributed by atoms with Gasteiger partial charge in [0.15, 0.2) is 21.9 Å². The highest BCUT2D eigenvalue weighted by Crippen LogP contribution is 2.25. The lowest BCUT2D eigenvalue weighted by atomic mass is 10.3. The van der Waals surface area contributed by atoms with Gasteiger partial charge in [-0.25, -0.2) is 18.0 Å². The summed E-state index contributed by atoms with van der Waals surface area (Å²) >= 11 is 0. The van der Waals surface area contributed by atoms with Crippen LogP contribution in [0.1, 0.15) is 0 Å². The zero-order chi connectivity index (χ0) is 19.5. The molecule has 3 aromatic rings. The molecule has 140 valence electrons. The molecule has 0 radical (unpaired) electrons. The molecule has 8 nitrogen and oxygen atoms in total. The molecule has 0 atom stereocenters. The normalized spacial score (nSPS) is 11.8. The number of hydrogen-bond donors (Lipinski definition) is 0. The summed E-state index contributed by atoms with van der Waals surface area (Å²) in [5.74, 6) is 1.32. The summed E-state index contributed by atoms with van der Waals surface area (Å²) in [5.41, 5.74) is -3.30. The second kappa shape index (κ2) is 7.25. The largest absolute Gasteiger partial charge is 0.741 e. The monoisotopic (exact) mass is 391 g/mol. The van der Waals surface area contributed by atoms with E-state index in [4.69, 9.17) is 22.1 Å². The van der Waals surface area contributed by atoms with Crippen LogP contribution in [0.3, 0.4) is 0 Å². The van der Waals surface area contributed by atoms with Crippen LogP contribution < -0.4 is 9.30 Å². The fraction of sp³-hybridized carbons (Fsp3) is 0.214. The third-order valence-corrected chi connectivity index (χ3v) is 3.50. The minimum absolute atomic E-state index is 0.557. The first-order valence-corrected chi connectivity index (χ1v) is 8.19. The van der Waals surface area contributed by atoms with Gasteiger partial charge < -0.3 is 13.7 Å². The van der Waals surface area contributed by atoms with Gasteiger partial charge in [-0.05, 0) is 12.1 Å². The fourth-order valence-electron chi connectivity index (χ4n) is 1.77. The predicted octanol–water partition coefficient (Wildman–Crippen LogP) is 1.77. The second-order valence-electron chi connectivity index (χ2n) is 4.90. The summed E-state index contributed by atoms with van der Waals surface area (Å²) in [7, 11) is -2.56. The number of halogens is 3. The lowest BCUT2D eigenvalue weighted by molar-refractivity contribution is -0.674. The summed E-state index contributed by atoms with van der Waals surface area (Å²) in [6.45, 7) is 0. The molecular weight excluding hydrogens is 379 g/mol. The smallest absolute Gasteiger partial charge is 0.485 e. The number of aryl methyl sites for hydroxylation is 1. The first kappa shape index (κ1) is 19.6. The molecule has 0 saturated heterocycles. The average Bonchev–Trinajstić information content (AvgIpc) is 2.96. The highest BCUT2D eigenvalue weighted by molar-refractivity contribution is 7.86. The number of nitrogens with zero attached hydrogens (tertiary/aromatic N) is 3. The van der Waals surface area contributed by atoms with E-state index >= 15 is 0 Å². The van der Waals surface area contributed by atoms with Crippen molar-refractivity contribution in [3.63, 3.8) is 0 Å². The van der Waals surface area contributed by atoms with Gasteiger partial charge in [0.05, 0.1) is 14.2 Å². The Morgan fingerprint density at radius 2 is 1.96 bits per heavy atom. The lowest BCUT2D eigenvalue weighted by Crippen LogP contribution is -2.27. The van der Waals surface area contributed by atoms with Gasteiger partial charge >= 0.3 is 5.51 Å². The molecule has 0 N–H and O–H groups in total. The van der Waals surface area contributed by atoms with E-state index in [-0.39, 0.29) is 0 Å². The molecule has 0 saturated carbocycles. The third kappa shape index (κ3) is 4.67. The van der Waals surface area contributed by atoms with E-state index in [0.717, 1.165) is 22.4 Å². The first-order valence-electron chi connectivity index (χ1n) is 6.78. The van der Waals surface area contributed by atoms with Crippen LogP contribution in [0.25, 0.3) is 22.6 Å². The minimum atomic E-state index is -6.09. The van der Waals surface area contributed by atoms with Gasteiger partial charge in [-0.2, -0.15) is 13.2 Å². The van der Waals surface area contributed by atoms with Crippen LogP contribution in [-0.4, -0.2) is 35.6 Å². The van der Waals surface area contributed by atoms with Gasteiger partial charge in [0.2, 0.25) is 5.89 Å². The molecule has 2 heterocycles. The maximum Gasteiger partial charge on any atom is 0.485 e. The molecule has 12 heteroatoms. The Hall–Kier alpha value is -2.73. The van der Waals surface area contributed by atoms with Gasteiger partial charge in [0.25, 0.3) is 6.33 Å². The molecule has 0 fully saturated rings. The highest BCUT2D eigenvalue weighted by Gasteiger charge is 2.36. The minimum Gasteiger partial charge on any atom is -0.741 e. The topological polar surface area (TPSA) is 109 Å². The van der Waals surface area contributed by atoms with Crippen LogP contribution in [0.4, 0.5) is 13.2 Å². The van der Waals surface area contributed by atoms with Crippen molar-refractivity contribution in [3.05, 3.63) is 36.9 Å². The molecule has 2 aromatic heterocycles. The first-order chi connectivity index (χ1) is 12.0. The number of rotatable bonds is 2. The van der Waals surface area contributed by atoms with Crippen molar-refractivity contribution in [2.24, 2.45) is 7.05 Å². The zero-order valence-corrected chi connectivity index (χ0v) is 14.2. The molecule has 3 rings (SSSR count). The summed E-state index contributed by atoms with van der Waals surface area (Å²) in [6, 6.07) is 5.54. The third-order valence-electron chi connectivity index (χ3n) is 2.93. The van der Waals surface area contributed by atoms with Crippen LogP contribution in [0.15, 0.2) is 41.3 Å². The molecule has 0 aliphatic rings.